The molecule has 0 saturated carbocycles. The quantitative estimate of drug-likeness (QED) is 0.585. The SMILES string of the molecule is CS(=O)(=O)c1ccc(-n2nc(C(F)(F)F)nc2-c2ccc(C(F)(F)F)cc2)nc1. The Bertz CT molecular complexity index is 1130. The number of hydrogen-bond donors (Lipinski definition) is 0. The molecule has 6 nitrogen and oxygen atoms in total. The Hall–Kier alpha value is -2.96. The van der Waals surface area contributed by atoms with Gasteiger partial charge in [-0.05, 0) is 24.3 Å². The fourth-order valence-electron chi connectivity index (χ4n) is 2.30. The Morgan fingerprint density at radius 1 is 0.897 bits per heavy atom. The van der Waals surface area contributed by atoms with E-state index in [2.05, 4.69) is 15.1 Å². The van der Waals surface area contributed by atoms with Crippen LogP contribution in [0.2, 0.25) is 0 Å². The van der Waals surface area contributed by atoms with Crippen molar-refractivity contribution >= 4 is 9.84 Å². The summed E-state index contributed by atoms with van der Waals surface area (Å²) >= 11 is 0. The summed E-state index contributed by atoms with van der Waals surface area (Å²) in [5, 5.41) is 3.34. The molecule has 0 amide bonds. The van der Waals surface area contributed by atoms with Crippen molar-refractivity contribution in [2.45, 2.75) is 17.2 Å². The fraction of sp³-hybridized carbons (Fsp3) is 0.188. The molecule has 0 atom stereocenters. The molecule has 13 heteroatoms. The summed E-state index contributed by atoms with van der Waals surface area (Å²) in [6.07, 6.45) is -7.68. The van der Waals surface area contributed by atoms with Gasteiger partial charge in [0.25, 0.3) is 5.82 Å². The van der Waals surface area contributed by atoms with Crippen LogP contribution in [-0.4, -0.2) is 34.4 Å². The highest BCUT2D eigenvalue weighted by atomic mass is 32.2. The Balaban J connectivity index is 2.13. The van der Waals surface area contributed by atoms with Crippen LogP contribution >= 0.6 is 0 Å². The number of pyridine rings is 1. The molecular formula is C16H10F6N4O2S. The maximum Gasteiger partial charge on any atom is 0.453 e. The molecule has 0 aliphatic heterocycles. The maximum absolute atomic E-state index is 13.1. The zero-order chi connectivity index (χ0) is 21.6. The lowest BCUT2D eigenvalue weighted by Gasteiger charge is -2.08. The second-order valence-electron chi connectivity index (χ2n) is 5.87. The summed E-state index contributed by atoms with van der Waals surface area (Å²) in [5.41, 5.74) is -1.06. The lowest BCUT2D eigenvalue weighted by molar-refractivity contribution is -0.144. The highest BCUT2D eigenvalue weighted by Gasteiger charge is 2.38. The van der Waals surface area contributed by atoms with Crippen LogP contribution in [0.1, 0.15) is 11.4 Å². The van der Waals surface area contributed by atoms with Gasteiger partial charge in [0.1, 0.15) is 0 Å². The summed E-state index contributed by atoms with van der Waals surface area (Å²) in [6, 6.07) is 5.52. The second kappa shape index (κ2) is 6.83. The first-order valence-electron chi connectivity index (χ1n) is 7.65. The van der Waals surface area contributed by atoms with Gasteiger partial charge in [0, 0.05) is 18.0 Å². The third-order valence-electron chi connectivity index (χ3n) is 3.70. The van der Waals surface area contributed by atoms with Crippen LogP contribution in [0.15, 0.2) is 47.5 Å². The van der Waals surface area contributed by atoms with E-state index in [1.54, 1.807) is 0 Å². The van der Waals surface area contributed by atoms with E-state index in [-0.39, 0.29) is 16.3 Å². The van der Waals surface area contributed by atoms with E-state index in [1.165, 1.54) is 0 Å². The van der Waals surface area contributed by atoms with E-state index in [9.17, 15) is 34.8 Å². The van der Waals surface area contributed by atoms with E-state index in [0.717, 1.165) is 36.7 Å². The fourth-order valence-corrected chi connectivity index (χ4v) is 2.86. The van der Waals surface area contributed by atoms with Gasteiger partial charge in [0.2, 0.25) is 0 Å². The van der Waals surface area contributed by atoms with Gasteiger partial charge < -0.3 is 0 Å². The standard InChI is InChI=1S/C16H10F6N4O2S/c1-29(27,28)11-6-7-12(23-8-11)26-13(24-14(25-26)16(20,21)22)9-2-4-10(5-3-9)15(17,18)19/h2-8H,1H3. The van der Waals surface area contributed by atoms with Gasteiger partial charge in [-0.1, -0.05) is 12.1 Å². The Labute approximate surface area is 159 Å². The number of nitrogens with zero attached hydrogens (tertiary/aromatic N) is 4. The molecule has 0 N–H and O–H groups in total. The van der Waals surface area contributed by atoms with Crippen molar-refractivity contribution in [1.82, 2.24) is 19.7 Å². The molecule has 0 aliphatic rings. The molecule has 29 heavy (non-hydrogen) atoms. The molecule has 0 unspecified atom stereocenters. The predicted molar refractivity (Wildman–Crippen MR) is 87.7 cm³/mol. The molecule has 0 radical (unpaired) electrons. The van der Waals surface area contributed by atoms with Gasteiger partial charge in [-0.2, -0.15) is 31.0 Å². The molecule has 3 rings (SSSR count). The first-order valence-corrected chi connectivity index (χ1v) is 9.54. The molecule has 1 aromatic carbocycles. The van der Waals surface area contributed by atoms with Crippen molar-refractivity contribution in [2.75, 3.05) is 6.26 Å². The van der Waals surface area contributed by atoms with Crippen molar-refractivity contribution < 1.29 is 34.8 Å². The zero-order valence-electron chi connectivity index (χ0n) is 14.3. The van der Waals surface area contributed by atoms with Crippen LogP contribution in [0.5, 0.6) is 0 Å². The summed E-state index contributed by atoms with van der Waals surface area (Å²) < 4.78 is 101. The van der Waals surface area contributed by atoms with Gasteiger partial charge in [0.05, 0.1) is 10.5 Å². The maximum atomic E-state index is 13.1. The smallest absolute Gasteiger partial charge is 0.236 e. The molecular weight excluding hydrogens is 426 g/mol. The number of sulfone groups is 1. The summed E-state index contributed by atoms with van der Waals surface area (Å²) in [7, 11) is -3.60. The number of alkyl halides is 6. The highest BCUT2D eigenvalue weighted by molar-refractivity contribution is 7.90. The van der Waals surface area contributed by atoms with Gasteiger partial charge in [-0.25, -0.2) is 18.4 Å². The molecule has 0 spiro atoms. The lowest BCUT2D eigenvalue weighted by Crippen LogP contribution is -2.09. The van der Waals surface area contributed by atoms with Crippen molar-refractivity contribution in [2.24, 2.45) is 0 Å². The minimum atomic E-state index is -4.92. The molecule has 2 aromatic heterocycles. The van der Waals surface area contributed by atoms with Crippen LogP contribution in [0.4, 0.5) is 26.3 Å². The molecule has 0 saturated heterocycles. The predicted octanol–water partition coefficient (Wildman–Crippen LogP) is 3.77. The number of rotatable bonds is 3. The molecule has 0 bridgehead atoms. The van der Waals surface area contributed by atoms with E-state index in [1.807, 2.05) is 0 Å². The van der Waals surface area contributed by atoms with Gasteiger partial charge in [0.15, 0.2) is 21.5 Å². The minimum Gasteiger partial charge on any atom is -0.236 e. The molecule has 154 valence electrons. The second-order valence-corrected chi connectivity index (χ2v) is 7.88. The first-order chi connectivity index (χ1) is 13.3. The van der Waals surface area contributed by atoms with Gasteiger partial charge >= 0.3 is 12.4 Å². The number of aromatic nitrogens is 4. The van der Waals surface area contributed by atoms with Crippen LogP contribution in [0, 0.1) is 0 Å². The van der Waals surface area contributed by atoms with Crippen LogP contribution in [-0.2, 0) is 22.2 Å². The van der Waals surface area contributed by atoms with Crippen LogP contribution in [0.3, 0.4) is 0 Å². The minimum absolute atomic E-state index is 0.0741. The van der Waals surface area contributed by atoms with Gasteiger partial charge in [-0.3, -0.25) is 0 Å². The number of hydrogen-bond acceptors (Lipinski definition) is 5. The van der Waals surface area contributed by atoms with Crippen molar-refractivity contribution in [3.63, 3.8) is 0 Å². The van der Waals surface area contributed by atoms with Crippen LogP contribution < -0.4 is 0 Å². The van der Waals surface area contributed by atoms with E-state index in [0.29, 0.717) is 16.8 Å². The molecule has 3 aromatic rings. The molecule has 0 aliphatic carbocycles. The Morgan fingerprint density at radius 3 is 1.97 bits per heavy atom. The average molecular weight is 436 g/mol. The van der Waals surface area contributed by atoms with Crippen molar-refractivity contribution in [1.29, 1.82) is 0 Å². The van der Waals surface area contributed by atoms with Crippen molar-refractivity contribution in [3.8, 4) is 17.2 Å². The van der Waals surface area contributed by atoms with E-state index in [4.69, 9.17) is 0 Å². The number of benzene rings is 1. The highest BCUT2D eigenvalue weighted by Crippen LogP contribution is 2.33. The third kappa shape index (κ3) is 4.39. The number of halogens is 6. The topological polar surface area (TPSA) is 77.7 Å². The summed E-state index contributed by atoms with van der Waals surface area (Å²) in [5.74, 6) is -2.14. The van der Waals surface area contributed by atoms with Gasteiger partial charge in [-0.15, -0.1) is 5.10 Å². The normalized spacial score (nSPS) is 12.9. The monoisotopic (exact) mass is 436 g/mol. The lowest BCUT2D eigenvalue weighted by atomic mass is 10.1. The van der Waals surface area contributed by atoms with E-state index < -0.39 is 39.4 Å². The summed E-state index contributed by atoms with van der Waals surface area (Å²) in [6.45, 7) is 0. The Kier molecular flexibility index (Phi) is 4.89. The third-order valence-corrected chi connectivity index (χ3v) is 4.79. The average Bonchev–Trinajstić information content (AvgIpc) is 3.06. The zero-order valence-corrected chi connectivity index (χ0v) is 15.1. The molecule has 0 fully saturated rings. The largest absolute Gasteiger partial charge is 0.453 e. The Morgan fingerprint density at radius 2 is 1.52 bits per heavy atom. The van der Waals surface area contributed by atoms with Crippen LogP contribution in [0.25, 0.3) is 17.2 Å². The summed E-state index contributed by atoms with van der Waals surface area (Å²) in [4.78, 5) is 6.99. The van der Waals surface area contributed by atoms with E-state index >= 15 is 0 Å². The first kappa shape index (κ1) is 20.8. The van der Waals surface area contributed by atoms with Crippen molar-refractivity contribution in [3.05, 3.63) is 54.0 Å². The molecule has 2 heterocycles.